The normalized spacial score (nSPS) is 12.4. The number of hydrogen-bond acceptors (Lipinski definition) is 3. The molecular weight excluding hydrogens is 394 g/mol. The highest BCUT2D eigenvalue weighted by Crippen LogP contribution is 2.36. The maximum atomic E-state index is 12.2. The quantitative estimate of drug-likeness (QED) is 0.352. The van der Waals surface area contributed by atoms with Crippen LogP contribution in [0.5, 0.6) is 0 Å². The Morgan fingerprint density at radius 2 is 1.45 bits per heavy atom. The first-order valence-corrected chi connectivity index (χ1v) is 10.3. The van der Waals surface area contributed by atoms with Crippen LogP contribution in [-0.4, -0.2) is 34.1 Å². The second-order valence-electron chi connectivity index (χ2n) is 7.83. The van der Waals surface area contributed by atoms with Gasteiger partial charge in [0.2, 0.25) is 5.91 Å². The van der Waals surface area contributed by atoms with Gasteiger partial charge in [-0.3, -0.25) is 9.59 Å². The van der Waals surface area contributed by atoms with E-state index in [4.69, 9.17) is 5.11 Å². The van der Waals surface area contributed by atoms with Gasteiger partial charge in [-0.1, -0.05) is 54.6 Å². The highest BCUT2D eigenvalue weighted by atomic mass is 16.4. The van der Waals surface area contributed by atoms with Gasteiger partial charge in [-0.15, -0.1) is 0 Å². The van der Waals surface area contributed by atoms with Crippen molar-refractivity contribution in [2.45, 2.75) is 38.1 Å². The van der Waals surface area contributed by atoms with E-state index in [2.05, 4.69) is 59.9 Å². The summed E-state index contributed by atoms with van der Waals surface area (Å²) in [6, 6.07) is 17.8. The number of rotatable bonds is 9. The van der Waals surface area contributed by atoms with Gasteiger partial charge in [-0.05, 0) is 57.1 Å². The van der Waals surface area contributed by atoms with Crippen molar-refractivity contribution in [3.8, 4) is 0 Å². The average Bonchev–Trinajstić information content (AvgIpc) is 2.75. The first kappa shape index (κ1) is 20.6. The summed E-state index contributed by atoms with van der Waals surface area (Å²) in [5.74, 6) is -2.69. The van der Waals surface area contributed by atoms with Crippen molar-refractivity contribution < 1.29 is 24.6 Å². The predicted octanol–water partition coefficient (Wildman–Crippen LogP) is 4.34. The van der Waals surface area contributed by atoms with Crippen molar-refractivity contribution in [1.29, 1.82) is 0 Å². The highest BCUT2D eigenvalue weighted by molar-refractivity contribution is 6.23. The van der Waals surface area contributed by atoms with Crippen LogP contribution in [0.15, 0.2) is 54.6 Å². The molecule has 0 saturated heterocycles. The molecule has 0 fully saturated rings. The second kappa shape index (κ2) is 8.60. The van der Waals surface area contributed by atoms with Crippen LogP contribution in [-0.2, 0) is 20.8 Å². The fraction of sp³-hybridized carbons (Fsp3) is 0.240. The summed E-state index contributed by atoms with van der Waals surface area (Å²) in [6.07, 6.45) is 1.000. The van der Waals surface area contributed by atoms with Gasteiger partial charge in [0.05, 0.1) is 0 Å². The van der Waals surface area contributed by atoms with E-state index < -0.39 is 18.0 Å². The van der Waals surface area contributed by atoms with E-state index in [9.17, 15) is 19.5 Å². The van der Waals surface area contributed by atoms with Crippen LogP contribution in [0, 0.1) is 0 Å². The van der Waals surface area contributed by atoms with Crippen molar-refractivity contribution in [1.82, 2.24) is 5.32 Å². The Kier molecular flexibility index (Phi) is 5.71. The molecule has 0 aliphatic rings. The summed E-state index contributed by atoms with van der Waals surface area (Å²) in [5.41, 5.74) is 1.15. The Morgan fingerprint density at radius 3 is 2.13 bits per heavy atom. The number of aliphatic carboxylic acids is 2. The van der Waals surface area contributed by atoms with Gasteiger partial charge in [0.25, 0.3) is 0 Å². The zero-order valence-corrected chi connectivity index (χ0v) is 16.9. The third-order valence-corrected chi connectivity index (χ3v) is 5.75. The molecule has 31 heavy (non-hydrogen) atoms. The lowest BCUT2D eigenvalue weighted by molar-refractivity contribution is -0.143. The Labute approximate surface area is 178 Å². The van der Waals surface area contributed by atoms with E-state index in [-0.39, 0.29) is 25.2 Å². The second-order valence-corrected chi connectivity index (χ2v) is 7.83. The molecule has 1 atom stereocenters. The van der Waals surface area contributed by atoms with Crippen LogP contribution in [0.1, 0.15) is 31.2 Å². The van der Waals surface area contributed by atoms with Crippen LogP contribution in [0.25, 0.3) is 32.3 Å². The average molecular weight is 417 g/mol. The van der Waals surface area contributed by atoms with Gasteiger partial charge in [0.1, 0.15) is 6.04 Å². The van der Waals surface area contributed by atoms with Gasteiger partial charge in [0.15, 0.2) is 0 Å². The van der Waals surface area contributed by atoms with E-state index in [0.29, 0.717) is 12.8 Å². The number of amides is 1. The molecule has 4 aromatic rings. The largest absolute Gasteiger partial charge is 0.481 e. The smallest absolute Gasteiger partial charge is 0.326 e. The molecule has 0 bridgehead atoms. The Morgan fingerprint density at radius 1 is 0.806 bits per heavy atom. The highest BCUT2D eigenvalue weighted by Gasteiger charge is 2.20. The maximum absolute atomic E-state index is 12.2. The first-order chi connectivity index (χ1) is 14.9. The third kappa shape index (κ3) is 4.28. The standard InChI is InChI=1S/C25H23NO5/c27-21(26-20(25(30)31)13-14-22(28)29)6-2-3-15-7-8-18-10-9-16-4-1-5-17-11-12-19(15)24(18)23(16)17/h1,4-5,7-12,20H,2-3,6,13-14H2,(H,26,27)(H,28,29)(H,30,31)/t20-/m0/s1. The van der Waals surface area contributed by atoms with Crippen molar-refractivity contribution in [2.75, 3.05) is 0 Å². The van der Waals surface area contributed by atoms with E-state index in [1.54, 1.807) is 0 Å². The fourth-order valence-electron chi connectivity index (χ4n) is 4.24. The molecule has 4 rings (SSSR count). The number of nitrogens with one attached hydrogen (secondary N) is 1. The molecule has 4 aromatic carbocycles. The van der Waals surface area contributed by atoms with Gasteiger partial charge in [-0.2, -0.15) is 0 Å². The number of carboxylic acids is 2. The molecule has 0 unspecified atom stereocenters. The van der Waals surface area contributed by atoms with Crippen LogP contribution in [0.2, 0.25) is 0 Å². The SMILES string of the molecule is O=C(O)CC[C@H](NC(=O)CCCc1ccc2ccc3cccc4ccc1c2c34)C(=O)O. The van der Waals surface area contributed by atoms with Crippen LogP contribution < -0.4 is 5.32 Å². The number of benzene rings is 4. The van der Waals surface area contributed by atoms with Crippen molar-refractivity contribution in [3.05, 3.63) is 60.2 Å². The van der Waals surface area contributed by atoms with Crippen molar-refractivity contribution in [3.63, 3.8) is 0 Å². The number of carbonyl (C=O) groups is 3. The predicted molar refractivity (Wildman–Crippen MR) is 120 cm³/mol. The maximum Gasteiger partial charge on any atom is 0.326 e. The fourth-order valence-corrected chi connectivity index (χ4v) is 4.24. The summed E-state index contributed by atoms with van der Waals surface area (Å²) >= 11 is 0. The molecule has 1 amide bonds. The Hall–Kier alpha value is -3.67. The van der Waals surface area contributed by atoms with E-state index >= 15 is 0 Å². The molecule has 3 N–H and O–H groups in total. The van der Waals surface area contributed by atoms with Gasteiger partial charge >= 0.3 is 11.9 Å². The molecule has 0 aliphatic carbocycles. The summed E-state index contributed by atoms with van der Waals surface area (Å²) in [7, 11) is 0. The number of aryl methyl sites for hydroxylation is 1. The lowest BCUT2D eigenvalue weighted by atomic mass is 9.90. The number of carboxylic acid groups (broad SMARTS) is 2. The topological polar surface area (TPSA) is 104 Å². The molecular formula is C25H23NO5. The minimum absolute atomic E-state index is 0.134. The molecule has 0 aromatic heterocycles. The molecule has 0 radical (unpaired) electrons. The minimum atomic E-state index is -1.22. The summed E-state index contributed by atoms with van der Waals surface area (Å²) < 4.78 is 0. The van der Waals surface area contributed by atoms with Crippen molar-refractivity contribution >= 4 is 50.2 Å². The molecule has 0 spiro atoms. The molecule has 0 saturated carbocycles. The molecule has 0 heterocycles. The Balaban J connectivity index is 1.47. The molecule has 6 heteroatoms. The van der Waals surface area contributed by atoms with E-state index in [1.165, 1.54) is 32.3 Å². The zero-order chi connectivity index (χ0) is 22.0. The summed E-state index contributed by atoms with van der Waals surface area (Å²) in [6.45, 7) is 0. The zero-order valence-electron chi connectivity index (χ0n) is 16.9. The summed E-state index contributed by atoms with van der Waals surface area (Å²) in [5, 5.41) is 27.6. The molecule has 158 valence electrons. The molecule has 6 nitrogen and oxygen atoms in total. The lowest BCUT2D eigenvalue weighted by Gasteiger charge is -2.15. The van der Waals surface area contributed by atoms with Crippen LogP contribution in [0.4, 0.5) is 0 Å². The van der Waals surface area contributed by atoms with E-state index in [1.807, 2.05) is 0 Å². The van der Waals surface area contributed by atoms with E-state index in [0.717, 1.165) is 5.56 Å². The monoisotopic (exact) mass is 417 g/mol. The number of hydrogen-bond donors (Lipinski definition) is 3. The number of carbonyl (C=O) groups excluding carboxylic acids is 1. The van der Waals surface area contributed by atoms with Crippen LogP contribution in [0.3, 0.4) is 0 Å². The summed E-state index contributed by atoms with van der Waals surface area (Å²) in [4.78, 5) is 34.1. The minimum Gasteiger partial charge on any atom is -0.481 e. The first-order valence-electron chi connectivity index (χ1n) is 10.3. The van der Waals surface area contributed by atoms with Gasteiger partial charge in [-0.25, -0.2) is 4.79 Å². The molecule has 0 aliphatic heterocycles. The lowest BCUT2D eigenvalue weighted by Crippen LogP contribution is -2.41. The van der Waals surface area contributed by atoms with Crippen molar-refractivity contribution in [2.24, 2.45) is 0 Å². The van der Waals surface area contributed by atoms with Gasteiger partial charge < -0.3 is 15.5 Å². The van der Waals surface area contributed by atoms with Gasteiger partial charge in [0, 0.05) is 12.8 Å². The van der Waals surface area contributed by atoms with Crippen LogP contribution >= 0.6 is 0 Å². The third-order valence-electron chi connectivity index (χ3n) is 5.75. The Bertz CT molecular complexity index is 1260.